The highest BCUT2D eigenvalue weighted by atomic mass is 79.9. The van der Waals surface area contributed by atoms with Gasteiger partial charge in [-0.15, -0.1) is 0 Å². The van der Waals surface area contributed by atoms with E-state index in [1.165, 1.54) is 19.1 Å². The number of amides is 2. The lowest BCUT2D eigenvalue weighted by Crippen LogP contribution is -2.48. The molecule has 1 aliphatic carbocycles. The lowest BCUT2D eigenvalue weighted by atomic mass is 9.94. The van der Waals surface area contributed by atoms with Gasteiger partial charge in [0.1, 0.15) is 6.61 Å². The van der Waals surface area contributed by atoms with Crippen molar-refractivity contribution in [3.8, 4) is 0 Å². The van der Waals surface area contributed by atoms with E-state index in [-0.39, 0.29) is 31.0 Å². The second kappa shape index (κ2) is 13.7. The molecule has 0 saturated heterocycles. The van der Waals surface area contributed by atoms with Crippen LogP contribution < -0.4 is 0 Å². The van der Waals surface area contributed by atoms with Crippen LogP contribution in [0.5, 0.6) is 0 Å². The molecule has 3 rings (SSSR count). The van der Waals surface area contributed by atoms with Gasteiger partial charge in [-0.1, -0.05) is 47.3 Å². The minimum absolute atomic E-state index is 0.0242. The molecule has 0 spiro atoms. The fraction of sp³-hybridized carbons (Fsp3) is 0.538. The molecule has 1 heterocycles. The fourth-order valence-corrected chi connectivity index (χ4v) is 4.75. The Morgan fingerprint density at radius 2 is 1.76 bits per heavy atom. The summed E-state index contributed by atoms with van der Waals surface area (Å²) in [5, 5.41) is 0. The maximum atomic E-state index is 13.6. The topological polar surface area (TPSA) is 64.0 Å². The van der Waals surface area contributed by atoms with Crippen molar-refractivity contribution in [3.05, 3.63) is 58.3 Å². The van der Waals surface area contributed by atoms with E-state index in [2.05, 4.69) is 44.9 Å². The summed E-state index contributed by atoms with van der Waals surface area (Å²) in [5.41, 5.74) is 2.29. The van der Waals surface area contributed by atoms with Crippen molar-refractivity contribution in [2.75, 3.05) is 40.5 Å². The maximum Gasteiger partial charge on any atom is 0.249 e. The summed E-state index contributed by atoms with van der Waals surface area (Å²) in [6.45, 7) is 2.01. The van der Waals surface area contributed by atoms with Crippen molar-refractivity contribution in [1.29, 1.82) is 0 Å². The van der Waals surface area contributed by atoms with Gasteiger partial charge >= 0.3 is 0 Å². The third-order valence-corrected chi connectivity index (χ3v) is 6.90. The Bertz CT molecular complexity index is 909. The molecule has 8 heteroatoms. The van der Waals surface area contributed by atoms with Gasteiger partial charge in [0.15, 0.2) is 0 Å². The van der Waals surface area contributed by atoms with Crippen molar-refractivity contribution in [3.63, 3.8) is 0 Å². The van der Waals surface area contributed by atoms with Crippen LogP contribution in [0.2, 0.25) is 0 Å². The lowest BCUT2D eigenvalue weighted by molar-refractivity contribution is -0.145. The van der Waals surface area contributed by atoms with Crippen molar-refractivity contribution >= 4 is 27.7 Å². The summed E-state index contributed by atoms with van der Waals surface area (Å²) in [6, 6.07) is 12.6. The number of carbonyl (C=O) groups excluding carboxylic acids is 2. The van der Waals surface area contributed by atoms with Crippen LogP contribution in [0, 0.1) is 0 Å². The molecule has 0 aliphatic heterocycles. The summed E-state index contributed by atoms with van der Waals surface area (Å²) in [7, 11) is 3.08. The molecule has 2 amide bonds. The van der Waals surface area contributed by atoms with E-state index in [1.54, 1.807) is 12.0 Å². The highest BCUT2D eigenvalue weighted by Gasteiger charge is 2.28. The highest BCUT2D eigenvalue weighted by molar-refractivity contribution is 9.10. The van der Waals surface area contributed by atoms with Crippen LogP contribution in [0.1, 0.15) is 43.4 Å². The number of hydrogen-bond donors (Lipinski definition) is 0. The minimum Gasteiger partial charge on any atom is -0.383 e. The second-order valence-corrected chi connectivity index (χ2v) is 9.72. The number of ether oxygens (including phenoxy) is 2. The van der Waals surface area contributed by atoms with E-state index >= 15 is 0 Å². The summed E-state index contributed by atoms with van der Waals surface area (Å²) in [5.74, 6) is -0.223. The van der Waals surface area contributed by atoms with Gasteiger partial charge in [-0.2, -0.15) is 0 Å². The summed E-state index contributed by atoms with van der Waals surface area (Å²) >= 11 is 3.49. The van der Waals surface area contributed by atoms with Gasteiger partial charge in [0.05, 0.1) is 19.7 Å². The van der Waals surface area contributed by atoms with Gasteiger partial charge in [-0.05, 0) is 42.7 Å². The van der Waals surface area contributed by atoms with Crippen LogP contribution in [0.25, 0.3) is 0 Å². The quantitative estimate of drug-likeness (QED) is 0.412. The predicted octanol–water partition coefficient (Wildman–Crippen LogP) is 4.08. The molecule has 1 fully saturated rings. The van der Waals surface area contributed by atoms with E-state index in [0.717, 1.165) is 42.4 Å². The SMILES string of the molecule is COCCN(CC(=O)N(Cc1cccn1Cc1ccc(Br)cc1)C1CCCCC1)C(=O)COC. The first kappa shape index (κ1) is 26.4. The lowest BCUT2D eigenvalue weighted by Gasteiger charge is -2.36. The average Bonchev–Trinajstić information content (AvgIpc) is 3.28. The molecule has 0 radical (unpaired) electrons. The predicted molar refractivity (Wildman–Crippen MR) is 135 cm³/mol. The number of aromatic nitrogens is 1. The number of methoxy groups -OCH3 is 2. The molecule has 186 valence electrons. The van der Waals surface area contributed by atoms with Gasteiger partial charge in [0, 0.05) is 49.7 Å². The van der Waals surface area contributed by atoms with Crippen LogP contribution >= 0.6 is 15.9 Å². The second-order valence-electron chi connectivity index (χ2n) is 8.81. The van der Waals surface area contributed by atoms with Crippen LogP contribution in [0.15, 0.2) is 47.1 Å². The molecular weight excluding hydrogens is 498 g/mol. The number of hydrogen-bond acceptors (Lipinski definition) is 4. The van der Waals surface area contributed by atoms with Gasteiger partial charge in [-0.25, -0.2) is 0 Å². The van der Waals surface area contributed by atoms with E-state index in [9.17, 15) is 9.59 Å². The zero-order chi connectivity index (χ0) is 24.3. The molecular formula is C26H36BrN3O4. The number of carbonyl (C=O) groups is 2. The summed E-state index contributed by atoms with van der Waals surface area (Å²) < 4.78 is 13.4. The molecule has 0 unspecified atom stereocenters. The van der Waals surface area contributed by atoms with E-state index in [0.29, 0.717) is 19.7 Å². The number of benzene rings is 1. The number of nitrogens with zero attached hydrogens (tertiary/aromatic N) is 3. The zero-order valence-corrected chi connectivity index (χ0v) is 21.8. The van der Waals surface area contributed by atoms with E-state index in [1.807, 2.05) is 23.1 Å². The molecule has 0 bridgehead atoms. The fourth-order valence-electron chi connectivity index (χ4n) is 4.48. The standard InChI is InChI=1S/C26H36BrN3O4/c1-33-16-15-29(26(32)20-34-2)19-25(31)30(23-7-4-3-5-8-23)18-24-9-6-14-28(24)17-21-10-12-22(27)13-11-21/h6,9-14,23H,3-5,7-8,15-20H2,1-2H3. The Balaban J connectivity index is 1.77. The Labute approximate surface area is 211 Å². The smallest absolute Gasteiger partial charge is 0.249 e. The third kappa shape index (κ3) is 7.68. The Morgan fingerprint density at radius 1 is 1.03 bits per heavy atom. The first-order chi connectivity index (χ1) is 16.5. The van der Waals surface area contributed by atoms with Gasteiger partial charge < -0.3 is 23.8 Å². The molecule has 34 heavy (non-hydrogen) atoms. The van der Waals surface area contributed by atoms with Crippen molar-refractivity contribution in [2.45, 2.75) is 51.2 Å². The zero-order valence-electron chi connectivity index (χ0n) is 20.2. The van der Waals surface area contributed by atoms with Crippen molar-refractivity contribution in [2.24, 2.45) is 0 Å². The number of rotatable bonds is 12. The Hall–Kier alpha value is -2.16. The summed E-state index contributed by atoms with van der Waals surface area (Å²) in [6.07, 6.45) is 7.54. The Kier molecular flexibility index (Phi) is 10.6. The molecule has 2 aromatic rings. The van der Waals surface area contributed by atoms with Crippen molar-refractivity contribution < 1.29 is 19.1 Å². The monoisotopic (exact) mass is 533 g/mol. The van der Waals surface area contributed by atoms with E-state index in [4.69, 9.17) is 9.47 Å². The number of halogens is 1. The van der Waals surface area contributed by atoms with Crippen LogP contribution in [0.3, 0.4) is 0 Å². The van der Waals surface area contributed by atoms with Crippen LogP contribution in [-0.2, 0) is 32.2 Å². The molecule has 1 aliphatic rings. The first-order valence-electron chi connectivity index (χ1n) is 12.0. The molecule has 0 atom stereocenters. The maximum absolute atomic E-state index is 13.6. The van der Waals surface area contributed by atoms with Gasteiger partial charge in [0.2, 0.25) is 11.8 Å². The highest BCUT2D eigenvalue weighted by Crippen LogP contribution is 2.25. The average molecular weight is 534 g/mol. The van der Waals surface area contributed by atoms with Crippen LogP contribution in [-0.4, -0.2) is 72.7 Å². The normalized spacial score (nSPS) is 14.2. The van der Waals surface area contributed by atoms with Gasteiger partial charge in [-0.3, -0.25) is 9.59 Å². The largest absolute Gasteiger partial charge is 0.383 e. The first-order valence-corrected chi connectivity index (χ1v) is 12.7. The Morgan fingerprint density at radius 3 is 2.44 bits per heavy atom. The van der Waals surface area contributed by atoms with Crippen molar-refractivity contribution in [1.82, 2.24) is 14.4 Å². The minimum atomic E-state index is -0.199. The third-order valence-electron chi connectivity index (χ3n) is 6.37. The molecule has 1 aromatic heterocycles. The molecule has 7 nitrogen and oxygen atoms in total. The summed E-state index contributed by atoms with van der Waals surface area (Å²) in [4.78, 5) is 29.7. The van der Waals surface area contributed by atoms with E-state index < -0.39 is 0 Å². The molecule has 0 N–H and O–H groups in total. The molecule has 1 saturated carbocycles. The van der Waals surface area contributed by atoms with Crippen LogP contribution in [0.4, 0.5) is 0 Å². The van der Waals surface area contributed by atoms with Gasteiger partial charge in [0.25, 0.3) is 0 Å². The molecule has 1 aromatic carbocycles.